The van der Waals surface area contributed by atoms with Crippen LogP contribution < -0.4 is 0 Å². The molecule has 4 nitrogen and oxygen atoms in total. The van der Waals surface area contributed by atoms with Crippen LogP contribution in [0.3, 0.4) is 0 Å². The van der Waals surface area contributed by atoms with Gasteiger partial charge in [-0.2, -0.15) is 0 Å². The van der Waals surface area contributed by atoms with Gasteiger partial charge in [0.2, 0.25) is 0 Å². The van der Waals surface area contributed by atoms with Crippen molar-refractivity contribution in [3.63, 3.8) is 0 Å². The molecule has 0 aliphatic carbocycles. The van der Waals surface area contributed by atoms with Gasteiger partial charge in [0.25, 0.3) is 0 Å². The van der Waals surface area contributed by atoms with Gasteiger partial charge in [-0.3, -0.25) is 0 Å². The van der Waals surface area contributed by atoms with Crippen LogP contribution in [-0.4, -0.2) is 40.1 Å². The molecule has 0 aromatic rings. The van der Waals surface area contributed by atoms with E-state index in [-0.39, 0.29) is 0 Å². The monoisotopic (exact) mass is 267 g/mol. The predicted octanol–water partition coefficient (Wildman–Crippen LogP) is 0.951. The second-order valence-electron chi connectivity index (χ2n) is 2.91. The Morgan fingerprint density at radius 1 is 1.38 bits per heavy atom. The third-order valence-corrected chi connectivity index (χ3v) is 5.94. The van der Waals surface area contributed by atoms with Gasteiger partial charge in [0.15, 0.2) is 0 Å². The van der Waals surface area contributed by atoms with E-state index in [0.717, 1.165) is 30.4 Å². The Bertz CT molecular complexity index is 125. The fraction of sp³-hybridized carbons (Fsp3) is 1.00. The van der Waals surface area contributed by atoms with Crippen LogP contribution in [0.2, 0.25) is 4.13 Å². The summed E-state index contributed by atoms with van der Waals surface area (Å²) >= 11 is -1.88. The van der Waals surface area contributed by atoms with E-state index in [1.54, 1.807) is 14.2 Å². The van der Waals surface area contributed by atoms with Crippen LogP contribution in [0, 0.1) is 0 Å². The summed E-state index contributed by atoms with van der Waals surface area (Å²) in [6.07, 6.45) is 1.42. The van der Waals surface area contributed by atoms with Crippen LogP contribution in [-0.2, 0) is 37.7 Å². The zero-order valence-corrected chi connectivity index (χ0v) is 10.7. The van der Waals surface area contributed by atoms with Gasteiger partial charge in [0.1, 0.15) is 0 Å². The molecular formula is C8H17O4Zr. The maximum atomic E-state index is 5.39. The SMILES string of the molecule is C[O][Zr]([CH2]CCOCC1CO1)[O]C. The Hall–Kier alpha value is 0.723. The van der Waals surface area contributed by atoms with E-state index in [2.05, 4.69) is 0 Å². The molecule has 1 unspecified atom stereocenters. The van der Waals surface area contributed by atoms with Gasteiger partial charge in [-0.25, -0.2) is 0 Å². The fourth-order valence-electron chi connectivity index (χ4n) is 0.985. The summed E-state index contributed by atoms with van der Waals surface area (Å²) in [5.41, 5.74) is 0. The Morgan fingerprint density at radius 2 is 2.08 bits per heavy atom. The fourth-order valence-corrected chi connectivity index (χ4v) is 3.46. The molecule has 0 radical (unpaired) electrons. The summed E-state index contributed by atoms with van der Waals surface area (Å²) in [6, 6.07) is 0. The van der Waals surface area contributed by atoms with Gasteiger partial charge in [0.05, 0.1) is 0 Å². The topological polar surface area (TPSA) is 40.2 Å². The molecule has 0 bridgehead atoms. The average Bonchev–Trinajstić information content (AvgIpc) is 2.95. The standard InChI is InChI=1S/C6H11O2.2CH3O.Zr/c1-2-3-7-4-6-5-8-6;2*1-2;/h6H,1-5H2;2*1H3;/q;2*-1;+2. The first-order chi connectivity index (χ1) is 6.36. The summed E-state index contributed by atoms with van der Waals surface area (Å²) < 4.78 is 21.9. The van der Waals surface area contributed by atoms with E-state index >= 15 is 0 Å². The molecule has 1 saturated heterocycles. The van der Waals surface area contributed by atoms with Gasteiger partial charge in [-0.05, 0) is 0 Å². The zero-order chi connectivity index (χ0) is 9.52. The molecule has 1 aliphatic rings. The van der Waals surface area contributed by atoms with Crippen molar-refractivity contribution in [2.75, 3.05) is 34.0 Å². The first kappa shape index (κ1) is 11.8. The Kier molecular flexibility index (Phi) is 6.42. The quantitative estimate of drug-likeness (QED) is 0.485. The van der Waals surface area contributed by atoms with Gasteiger partial charge in [0, 0.05) is 0 Å². The molecule has 5 heteroatoms. The van der Waals surface area contributed by atoms with E-state index in [4.69, 9.17) is 15.1 Å². The first-order valence-electron chi connectivity index (χ1n) is 4.50. The summed E-state index contributed by atoms with van der Waals surface area (Å²) in [6.45, 7) is 2.42. The first-order valence-corrected chi connectivity index (χ1v) is 8.24. The molecule has 1 heterocycles. The number of epoxide rings is 1. The molecule has 0 aromatic carbocycles. The number of hydrogen-bond donors (Lipinski definition) is 0. The molecule has 0 saturated carbocycles. The van der Waals surface area contributed by atoms with Gasteiger partial charge in [-0.1, -0.05) is 0 Å². The third-order valence-electron chi connectivity index (χ3n) is 1.83. The van der Waals surface area contributed by atoms with Gasteiger partial charge < -0.3 is 0 Å². The van der Waals surface area contributed by atoms with Crippen molar-refractivity contribution in [1.29, 1.82) is 0 Å². The van der Waals surface area contributed by atoms with Crippen molar-refractivity contribution in [2.24, 2.45) is 0 Å². The van der Waals surface area contributed by atoms with Crippen LogP contribution in [0.25, 0.3) is 0 Å². The Morgan fingerprint density at radius 3 is 2.62 bits per heavy atom. The number of hydrogen-bond acceptors (Lipinski definition) is 4. The van der Waals surface area contributed by atoms with Crippen LogP contribution in [0.4, 0.5) is 0 Å². The third kappa shape index (κ3) is 5.92. The molecule has 1 atom stereocenters. The van der Waals surface area contributed by atoms with Crippen molar-refractivity contribution in [1.82, 2.24) is 0 Å². The van der Waals surface area contributed by atoms with Crippen LogP contribution in [0.5, 0.6) is 0 Å². The molecular weight excluding hydrogens is 251 g/mol. The Balaban J connectivity index is 1.81. The van der Waals surface area contributed by atoms with Crippen molar-refractivity contribution >= 4 is 0 Å². The van der Waals surface area contributed by atoms with Gasteiger partial charge in [-0.15, -0.1) is 0 Å². The number of ether oxygens (including phenoxy) is 2. The summed E-state index contributed by atoms with van der Waals surface area (Å²) in [7, 11) is 3.47. The van der Waals surface area contributed by atoms with Crippen molar-refractivity contribution in [2.45, 2.75) is 16.7 Å². The minimum atomic E-state index is -1.88. The minimum absolute atomic E-state index is 0.378. The molecule has 1 rings (SSSR count). The number of rotatable bonds is 8. The Labute approximate surface area is 88.4 Å². The molecule has 0 N–H and O–H groups in total. The molecule has 0 aromatic heterocycles. The van der Waals surface area contributed by atoms with Gasteiger partial charge >= 0.3 is 88.4 Å². The average molecular weight is 268 g/mol. The van der Waals surface area contributed by atoms with Crippen molar-refractivity contribution in [3.05, 3.63) is 0 Å². The van der Waals surface area contributed by atoms with E-state index < -0.39 is 22.6 Å². The molecule has 77 valence electrons. The summed E-state index contributed by atoms with van der Waals surface area (Å²) in [4.78, 5) is 0. The van der Waals surface area contributed by atoms with Crippen molar-refractivity contribution < 1.29 is 37.7 Å². The molecule has 0 amide bonds. The van der Waals surface area contributed by atoms with Crippen molar-refractivity contribution in [3.8, 4) is 0 Å². The summed E-state index contributed by atoms with van der Waals surface area (Å²) in [5.74, 6) is 0. The van der Waals surface area contributed by atoms with E-state index in [1.165, 1.54) is 0 Å². The van der Waals surface area contributed by atoms with Crippen LogP contribution >= 0.6 is 0 Å². The molecule has 13 heavy (non-hydrogen) atoms. The molecule has 1 aliphatic heterocycles. The van der Waals surface area contributed by atoms with E-state index in [9.17, 15) is 0 Å². The van der Waals surface area contributed by atoms with Crippen LogP contribution in [0.1, 0.15) is 6.42 Å². The maximum absolute atomic E-state index is 5.39. The zero-order valence-electron chi connectivity index (χ0n) is 8.25. The summed E-state index contributed by atoms with van der Waals surface area (Å²) in [5, 5.41) is 0. The second-order valence-corrected chi connectivity index (χ2v) is 7.98. The molecule has 1 fully saturated rings. The second kappa shape index (κ2) is 7.07. The predicted molar refractivity (Wildman–Crippen MR) is 44.0 cm³/mol. The van der Waals surface area contributed by atoms with Crippen LogP contribution in [0.15, 0.2) is 0 Å². The normalized spacial score (nSPS) is 20.3. The van der Waals surface area contributed by atoms with E-state index in [1.807, 2.05) is 0 Å². The van der Waals surface area contributed by atoms with E-state index in [0.29, 0.717) is 6.10 Å². The molecule has 0 spiro atoms.